The standard InChI is InChI=1S/C12H13ClN2O/c1-8(6-14)7-15-12(16)10-4-3-9(2)11(13)5-10/h3-5,8H,7H2,1-2H3,(H,15,16). The molecule has 1 N–H and O–H groups in total. The number of nitrogens with zero attached hydrogens (tertiary/aromatic N) is 1. The summed E-state index contributed by atoms with van der Waals surface area (Å²) in [7, 11) is 0. The highest BCUT2D eigenvalue weighted by molar-refractivity contribution is 6.31. The van der Waals surface area contributed by atoms with Crippen LogP contribution in [0.2, 0.25) is 5.02 Å². The molecule has 0 aliphatic carbocycles. The normalized spacial score (nSPS) is 11.6. The molecule has 1 rings (SSSR count). The molecule has 0 aromatic heterocycles. The molecule has 0 heterocycles. The van der Waals surface area contributed by atoms with Gasteiger partial charge >= 0.3 is 0 Å². The molecule has 1 unspecified atom stereocenters. The third-order valence-corrected chi connectivity index (χ3v) is 2.63. The van der Waals surface area contributed by atoms with Crippen molar-refractivity contribution in [2.75, 3.05) is 6.54 Å². The molecule has 84 valence electrons. The topological polar surface area (TPSA) is 52.9 Å². The summed E-state index contributed by atoms with van der Waals surface area (Å²) in [5.74, 6) is -0.395. The first-order chi connectivity index (χ1) is 7.54. The van der Waals surface area contributed by atoms with Gasteiger partial charge in [-0.1, -0.05) is 17.7 Å². The molecule has 1 aromatic rings. The molecule has 1 atom stereocenters. The van der Waals surface area contributed by atoms with Crippen LogP contribution in [0.25, 0.3) is 0 Å². The van der Waals surface area contributed by atoms with Crippen LogP contribution in [0, 0.1) is 24.2 Å². The van der Waals surface area contributed by atoms with Gasteiger partial charge in [0.1, 0.15) is 0 Å². The van der Waals surface area contributed by atoms with Crippen molar-refractivity contribution in [3.8, 4) is 6.07 Å². The lowest BCUT2D eigenvalue weighted by Crippen LogP contribution is -2.27. The predicted octanol–water partition coefficient (Wildman–Crippen LogP) is 2.54. The zero-order chi connectivity index (χ0) is 12.1. The molecule has 3 nitrogen and oxygen atoms in total. The van der Waals surface area contributed by atoms with Gasteiger partial charge in [0.15, 0.2) is 0 Å². The van der Waals surface area contributed by atoms with Crippen LogP contribution in [0.3, 0.4) is 0 Å². The molecule has 1 aromatic carbocycles. The smallest absolute Gasteiger partial charge is 0.251 e. The minimum Gasteiger partial charge on any atom is -0.351 e. The summed E-state index contributed by atoms with van der Waals surface area (Å²) in [4.78, 5) is 11.6. The number of carbonyl (C=O) groups excluding carboxylic acids is 1. The molecule has 4 heteroatoms. The Morgan fingerprint density at radius 2 is 2.31 bits per heavy atom. The minimum absolute atomic E-state index is 0.190. The Labute approximate surface area is 100 Å². The fraction of sp³-hybridized carbons (Fsp3) is 0.333. The number of hydrogen-bond donors (Lipinski definition) is 1. The van der Waals surface area contributed by atoms with E-state index in [9.17, 15) is 4.79 Å². The molecule has 0 aliphatic heterocycles. The first-order valence-electron chi connectivity index (χ1n) is 4.98. The van der Waals surface area contributed by atoms with Crippen LogP contribution >= 0.6 is 11.6 Å². The van der Waals surface area contributed by atoms with E-state index in [4.69, 9.17) is 16.9 Å². The number of halogens is 1. The Morgan fingerprint density at radius 3 is 2.88 bits per heavy atom. The van der Waals surface area contributed by atoms with Crippen molar-refractivity contribution in [1.29, 1.82) is 5.26 Å². The van der Waals surface area contributed by atoms with Gasteiger partial charge in [-0.25, -0.2) is 0 Å². The van der Waals surface area contributed by atoms with Crippen molar-refractivity contribution in [3.63, 3.8) is 0 Å². The second-order valence-electron chi connectivity index (χ2n) is 3.70. The molecular formula is C12H13ClN2O. The lowest BCUT2D eigenvalue weighted by atomic mass is 10.1. The quantitative estimate of drug-likeness (QED) is 0.877. The van der Waals surface area contributed by atoms with E-state index >= 15 is 0 Å². The molecule has 0 saturated carbocycles. The van der Waals surface area contributed by atoms with E-state index in [1.807, 2.05) is 6.92 Å². The Bertz CT molecular complexity index is 437. The summed E-state index contributed by atoms with van der Waals surface area (Å²) < 4.78 is 0. The molecule has 0 radical (unpaired) electrons. The number of benzene rings is 1. The van der Waals surface area contributed by atoms with Gasteiger partial charge in [0.25, 0.3) is 5.91 Å². The molecule has 0 spiro atoms. The summed E-state index contributed by atoms with van der Waals surface area (Å²) in [5.41, 5.74) is 1.45. The third-order valence-electron chi connectivity index (χ3n) is 2.22. The van der Waals surface area contributed by atoms with Crippen LogP contribution in [-0.2, 0) is 0 Å². The van der Waals surface area contributed by atoms with Crippen molar-refractivity contribution in [2.45, 2.75) is 13.8 Å². The Hall–Kier alpha value is -1.53. The largest absolute Gasteiger partial charge is 0.351 e. The highest BCUT2D eigenvalue weighted by atomic mass is 35.5. The maximum Gasteiger partial charge on any atom is 0.251 e. The second kappa shape index (κ2) is 5.53. The summed E-state index contributed by atoms with van der Waals surface area (Å²) in [6, 6.07) is 7.19. The number of nitriles is 1. The zero-order valence-electron chi connectivity index (χ0n) is 9.25. The maximum atomic E-state index is 11.6. The molecule has 0 bridgehead atoms. The van der Waals surface area contributed by atoms with Gasteiger partial charge in [0.05, 0.1) is 12.0 Å². The molecule has 16 heavy (non-hydrogen) atoms. The highest BCUT2D eigenvalue weighted by Gasteiger charge is 2.08. The monoisotopic (exact) mass is 236 g/mol. The van der Waals surface area contributed by atoms with Crippen LogP contribution in [0.1, 0.15) is 22.8 Å². The molecule has 1 amide bonds. The first kappa shape index (κ1) is 12.5. The van der Waals surface area contributed by atoms with Gasteiger partial charge in [-0.05, 0) is 31.5 Å². The summed E-state index contributed by atoms with van der Waals surface area (Å²) in [5, 5.41) is 11.8. The number of amides is 1. The number of aryl methyl sites for hydroxylation is 1. The van der Waals surface area contributed by atoms with E-state index in [0.717, 1.165) is 5.56 Å². The van der Waals surface area contributed by atoms with Crippen molar-refractivity contribution >= 4 is 17.5 Å². The van der Waals surface area contributed by atoms with E-state index in [2.05, 4.69) is 11.4 Å². The van der Waals surface area contributed by atoms with Crippen LogP contribution < -0.4 is 5.32 Å². The van der Waals surface area contributed by atoms with Crippen molar-refractivity contribution in [2.24, 2.45) is 5.92 Å². The van der Waals surface area contributed by atoms with Crippen molar-refractivity contribution in [1.82, 2.24) is 5.32 Å². The van der Waals surface area contributed by atoms with Gasteiger partial charge in [-0.3, -0.25) is 4.79 Å². The number of hydrogen-bond acceptors (Lipinski definition) is 2. The molecule has 0 fully saturated rings. The average molecular weight is 237 g/mol. The van der Waals surface area contributed by atoms with Crippen molar-refractivity contribution < 1.29 is 4.79 Å². The number of nitrogens with one attached hydrogen (secondary N) is 1. The second-order valence-corrected chi connectivity index (χ2v) is 4.11. The van der Waals surface area contributed by atoms with E-state index in [-0.39, 0.29) is 11.8 Å². The van der Waals surface area contributed by atoms with E-state index in [1.54, 1.807) is 25.1 Å². The minimum atomic E-state index is -0.205. The SMILES string of the molecule is Cc1ccc(C(=O)NCC(C)C#N)cc1Cl. The maximum absolute atomic E-state index is 11.6. The summed E-state index contributed by atoms with van der Waals surface area (Å²) in [6.07, 6.45) is 0. The average Bonchev–Trinajstić information content (AvgIpc) is 2.29. The van der Waals surface area contributed by atoms with Gasteiger partial charge in [0.2, 0.25) is 0 Å². The first-order valence-corrected chi connectivity index (χ1v) is 5.36. The summed E-state index contributed by atoms with van der Waals surface area (Å²) >= 11 is 5.92. The highest BCUT2D eigenvalue weighted by Crippen LogP contribution is 2.16. The predicted molar refractivity (Wildman–Crippen MR) is 63.3 cm³/mol. The van der Waals surface area contributed by atoms with E-state index in [0.29, 0.717) is 17.1 Å². The Morgan fingerprint density at radius 1 is 1.62 bits per heavy atom. The van der Waals surface area contributed by atoms with E-state index in [1.165, 1.54) is 0 Å². The fourth-order valence-electron chi connectivity index (χ4n) is 1.13. The number of carbonyl (C=O) groups is 1. The van der Waals surface area contributed by atoms with Gasteiger partial charge in [0, 0.05) is 17.1 Å². The number of rotatable bonds is 3. The summed E-state index contributed by atoms with van der Waals surface area (Å²) in [6.45, 7) is 3.98. The van der Waals surface area contributed by atoms with Gasteiger partial charge < -0.3 is 5.32 Å². The van der Waals surface area contributed by atoms with Gasteiger partial charge in [-0.15, -0.1) is 0 Å². The van der Waals surface area contributed by atoms with Crippen LogP contribution in [-0.4, -0.2) is 12.5 Å². The third kappa shape index (κ3) is 3.25. The lowest BCUT2D eigenvalue weighted by Gasteiger charge is -2.07. The Kier molecular flexibility index (Phi) is 4.33. The van der Waals surface area contributed by atoms with Crippen LogP contribution in [0.5, 0.6) is 0 Å². The van der Waals surface area contributed by atoms with Crippen LogP contribution in [0.15, 0.2) is 18.2 Å². The van der Waals surface area contributed by atoms with Crippen LogP contribution in [0.4, 0.5) is 0 Å². The fourth-order valence-corrected chi connectivity index (χ4v) is 1.31. The zero-order valence-corrected chi connectivity index (χ0v) is 10.0. The molecular weight excluding hydrogens is 224 g/mol. The van der Waals surface area contributed by atoms with Gasteiger partial charge in [-0.2, -0.15) is 5.26 Å². The lowest BCUT2D eigenvalue weighted by molar-refractivity contribution is 0.0951. The molecule has 0 saturated heterocycles. The van der Waals surface area contributed by atoms with E-state index < -0.39 is 0 Å². The Balaban J connectivity index is 2.67. The van der Waals surface area contributed by atoms with Crippen molar-refractivity contribution in [3.05, 3.63) is 34.3 Å². The molecule has 0 aliphatic rings.